The molecule has 0 unspecified atom stereocenters. The van der Waals surface area contributed by atoms with Gasteiger partial charge in [-0.2, -0.15) is 4.37 Å². The molecule has 5 nitrogen and oxygen atoms in total. The van der Waals surface area contributed by atoms with Crippen LogP contribution in [0.1, 0.15) is 5.82 Å². The number of nitrogens with two attached hydrogens (primary N) is 1. The second-order valence-electron chi connectivity index (χ2n) is 3.46. The number of hydrogen-bond donors (Lipinski definition) is 2. The molecule has 0 saturated carbocycles. The molecular formula is C10H9N5S2. The number of benzene rings is 1. The highest BCUT2D eigenvalue weighted by molar-refractivity contribution is 8.00. The summed E-state index contributed by atoms with van der Waals surface area (Å²) in [7, 11) is 0. The number of anilines is 1. The van der Waals surface area contributed by atoms with Crippen molar-refractivity contribution >= 4 is 40.0 Å². The Hall–Kier alpha value is -1.60. The normalized spacial score (nSPS) is 11.1. The van der Waals surface area contributed by atoms with E-state index >= 15 is 0 Å². The Kier molecular flexibility index (Phi) is 2.69. The number of imidazole rings is 1. The van der Waals surface area contributed by atoms with Gasteiger partial charge in [-0.05, 0) is 29.7 Å². The topological polar surface area (TPSA) is 80.5 Å². The van der Waals surface area contributed by atoms with Crippen LogP contribution in [0.5, 0.6) is 0 Å². The Morgan fingerprint density at radius 2 is 2.35 bits per heavy atom. The number of nitrogen functional groups attached to an aromatic ring is 1. The molecule has 0 spiro atoms. The molecule has 0 amide bonds. The standard InChI is InChI=1S/C10H9N5S2/c11-6-1-2-7-8(3-6)15-9(14-7)4-16-10-12-5-13-17-10/h1-3,5H,4,11H2,(H,14,15). The summed E-state index contributed by atoms with van der Waals surface area (Å²) >= 11 is 3.01. The molecule has 7 heteroatoms. The molecule has 0 aliphatic heterocycles. The number of nitrogens with zero attached hydrogens (tertiary/aromatic N) is 3. The number of aromatic nitrogens is 4. The van der Waals surface area contributed by atoms with Crippen molar-refractivity contribution in [3.63, 3.8) is 0 Å². The molecule has 0 fully saturated rings. The number of aromatic amines is 1. The molecule has 0 saturated heterocycles. The van der Waals surface area contributed by atoms with E-state index in [9.17, 15) is 0 Å². The monoisotopic (exact) mass is 263 g/mol. The summed E-state index contributed by atoms with van der Waals surface area (Å²) in [6.07, 6.45) is 1.56. The van der Waals surface area contributed by atoms with Crippen LogP contribution >= 0.6 is 23.3 Å². The zero-order valence-corrected chi connectivity index (χ0v) is 10.4. The third-order valence-corrected chi connectivity index (χ3v) is 4.04. The molecule has 17 heavy (non-hydrogen) atoms. The average Bonchev–Trinajstić information content (AvgIpc) is 2.94. The molecule has 2 aromatic heterocycles. The Morgan fingerprint density at radius 1 is 1.41 bits per heavy atom. The second kappa shape index (κ2) is 4.34. The first kappa shape index (κ1) is 10.5. The van der Waals surface area contributed by atoms with E-state index < -0.39 is 0 Å². The van der Waals surface area contributed by atoms with E-state index in [0.717, 1.165) is 32.6 Å². The summed E-state index contributed by atoms with van der Waals surface area (Å²) in [6.45, 7) is 0. The quantitative estimate of drug-likeness (QED) is 0.560. The number of rotatable bonds is 3. The zero-order chi connectivity index (χ0) is 11.7. The van der Waals surface area contributed by atoms with Gasteiger partial charge in [0, 0.05) is 5.69 Å². The lowest BCUT2D eigenvalue weighted by molar-refractivity contribution is 1.13. The lowest BCUT2D eigenvalue weighted by Gasteiger charge is -1.91. The summed E-state index contributed by atoms with van der Waals surface area (Å²) in [4.78, 5) is 11.8. The van der Waals surface area contributed by atoms with Crippen molar-refractivity contribution in [3.05, 3.63) is 30.4 Å². The molecular weight excluding hydrogens is 254 g/mol. The van der Waals surface area contributed by atoms with Gasteiger partial charge in [-0.3, -0.25) is 0 Å². The molecule has 1 aromatic carbocycles. The largest absolute Gasteiger partial charge is 0.399 e. The highest BCUT2D eigenvalue weighted by Crippen LogP contribution is 2.23. The lowest BCUT2D eigenvalue weighted by atomic mass is 10.3. The number of thioether (sulfide) groups is 1. The number of fused-ring (bicyclic) bond motifs is 1. The summed E-state index contributed by atoms with van der Waals surface area (Å²) in [5.74, 6) is 1.68. The summed E-state index contributed by atoms with van der Waals surface area (Å²) in [5, 5.41) is 0. The molecule has 0 aliphatic carbocycles. The van der Waals surface area contributed by atoms with Gasteiger partial charge in [0.15, 0.2) is 4.34 Å². The first-order valence-electron chi connectivity index (χ1n) is 4.95. The lowest BCUT2D eigenvalue weighted by Crippen LogP contribution is -1.82. The van der Waals surface area contributed by atoms with E-state index in [1.54, 1.807) is 18.1 Å². The van der Waals surface area contributed by atoms with Crippen LogP contribution in [-0.4, -0.2) is 19.3 Å². The van der Waals surface area contributed by atoms with Gasteiger partial charge in [0.05, 0.1) is 16.8 Å². The minimum Gasteiger partial charge on any atom is -0.399 e. The van der Waals surface area contributed by atoms with Crippen molar-refractivity contribution in [2.45, 2.75) is 10.1 Å². The van der Waals surface area contributed by atoms with E-state index in [-0.39, 0.29) is 0 Å². The van der Waals surface area contributed by atoms with Crippen LogP contribution in [0.2, 0.25) is 0 Å². The fourth-order valence-corrected chi connectivity index (χ4v) is 2.82. The fraction of sp³-hybridized carbons (Fsp3) is 0.100. The van der Waals surface area contributed by atoms with Crippen molar-refractivity contribution in [3.8, 4) is 0 Å². The molecule has 3 aromatic rings. The van der Waals surface area contributed by atoms with Crippen molar-refractivity contribution in [2.24, 2.45) is 0 Å². The van der Waals surface area contributed by atoms with Crippen LogP contribution < -0.4 is 5.73 Å². The molecule has 0 aliphatic rings. The SMILES string of the molecule is Nc1ccc2nc(CSc3ncns3)[nH]c2c1. The van der Waals surface area contributed by atoms with Crippen LogP contribution in [0.25, 0.3) is 11.0 Å². The highest BCUT2D eigenvalue weighted by Gasteiger charge is 2.05. The maximum atomic E-state index is 5.71. The summed E-state index contributed by atoms with van der Waals surface area (Å²) in [5.41, 5.74) is 8.36. The van der Waals surface area contributed by atoms with Crippen molar-refractivity contribution in [2.75, 3.05) is 5.73 Å². The van der Waals surface area contributed by atoms with Crippen LogP contribution in [-0.2, 0) is 5.75 Å². The van der Waals surface area contributed by atoms with E-state index in [4.69, 9.17) is 5.73 Å². The molecule has 0 atom stereocenters. The number of nitrogens with one attached hydrogen (secondary N) is 1. The van der Waals surface area contributed by atoms with Gasteiger partial charge in [0.2, 0.25) is 0 Å². The van der Waals surface area contributed by atoms with Gasteiger partial charge < -0.3 is 10.7 Å². The minimum absolute atomic E-state index is 0.740. The molecule has 3 rings (SSSR count). The third-order valence-electron chi connectivity index (χ3n) is 2.23. The molecule has 2 heterocycles. The predicted molar refractivity (Wildman–Crippen MR) is 70.0 cm³/mol. The Labute approximate surface area is 106 Å². The fourth-order valence-electron chi connectivity index (χ4n) is 1.51. The van der Waals surface area contributed by atoms with Gasteiger partial charge in [0.1, 0.15) is 12.2 Å². The average molecular weight is 263 g/mol. The Morgan fingerprint density at radius 3 is 3.18 bits per heavy atom. The van der Waals surface area contributed by atoms with E-state index in [2.05, 4.69) is 19.3 Å². The van der Waals surface area contributed by atoms with Crippen molar-refractivity contribution in [1.29, 1.82) is 0 Å². The van der Waals surface area contributed by atoms with Gasteiger partial charge >= 0.3 is 0 Å². The molecule has 0 radical (unpaired) electrons. The second-order valence-corrected chi connectivity index (χ2v) is 5.46. The zero-order valence-electron chi connectivity index (χ0n) is 8.75. The molecule has 3 N–H and O–H groups in total. The summed E-state index contributed by atoms with van der Waals surface area (Å²) < 4.78 is 4.90. The van der Waals surface area contributed by atoms with Crippen molar-refractivity contribution in [1.82, 2.24) is 19.3 Å². The third kappa shape index (κ3) is 2.25. The minimum atomic E-state index is 0.740. The molecule has 0 bridgehead atoms. The van der Waals surface area contributed by atoms with Crippen LogP contribution in [0, 0.1) is 0 Å². The number of hydrogen-bond acceptors (Lipinski definition) is 6. The maximum Gasteiger partial charge on any atom is 0.170 e. The van der Waals surface area contributed by atoms with E-state index in [0.29, 0.717) is 0 Å². The van der Waals surface area contributed by atoms with Gasteiger partial charge in [0.25, 0.3) is 0 Å². The van der Waals surface area contributed by atoms with Crippen LogP contribution in [0.3, 0.4) is 0 Å². The first-order chi connectivity index (χ1) is 8.31. The Bertz CT molecular complexity index is 631. The van der Waals surface area contributed by atoms with Crippen LogP contribution in [0.15, 0.2) is 28.9 Å². The van der Waals surface area contributed by atoms with Gasteiger partial charge in [-0.15, -0.1) is 0 Å². The Balaban J connectivity index is 1.81. The number of H-pyrrole nitrogens is 1. The van der Waals surface area contributed by atoms with Crippen LogP contribution in [0.4, 0.5) is 5.69 Å². The maximum absolute atomic E-state index is 5.71. The van der Waals surface area contributed by atoms with E-state index in [1.807, 2.05) is 18.2 Å². The predicted octanol–water partition coefficient (Wildman–Crippen LogP) is 2.29. The first-order valence-corrected chi connectivity index (χ1v) is 6.71. The van der Waals surface area contributed by atoms with Gasteiger partial charge in [-0.25, -0.2) is 9.97 Å². The van der Waals surface area contributed by atoms with Gasteiger partial charge in [-0.1, -0.05) is 11.8 Å². The smallest absolute Gasteiger partial charge is 0.170 e. The highest BCUT2D eigenvalue weighted by atomic mass is 32.2. The van der Waals surface area contributed by atoms with Crippen molar-refractivity contribution < 1.29 is 0 Å². The summed E-state index contributed by atoms with van der Waals surface area (Å²) in [6, 6.07) is 5.66. The molecule has 86 valence electrons. The van der Waals surface area contributed by atoms with E-state index in [1.165, 1.54) is 11.5 Å².